The normalized spacial score (nSPS) is 11.3. The van der Waals surface area contributed by atoms with Gasteiger partial charge in [-0.25, -0.2) is 14.5 Å². The SMILES string of the molecule is Cc1ccc(CCc2cc(-c3n[nH]c(=O)n3-c3ccc4c(ccn4C)c3)c(N)cc2O)cc1. The van der Waals surface area contributed by atoms with E-state index in [2.05, 4.69) is 41.4 Å². The molecule has 0 bridgehead atoms. The van der Waals surface area contributed by atoms with Gasteiger partial charge in [-0.3, -0.25) is 0 Å². The fraction of sp³-hybridized carbons (Fsp3) is 0.154. The molecule has 33 heavy (non-hydrogen) atoms. The number of nitrogens with zero attached hydrogens (tertiary/aromatic N) is 3. The first-order valence-corrected chi connectivity index (χ1v) is 10.8. The number of nitrogens with two attached hydrogens (primary N) is 1. The van der Waals surface area contributed by atoms with E-state index in [0.29, 0.717) is 29.2 Å². The first-order chi connectivity index (χ1) is 15.9. The molecule has 0 spiro atoms. The van der Waals surface area contributed by atoms with Gasteiger partial charge in [0.05, 0.1) is 5.69 Å². The van der Waals surface area contributed by atoms with E-state index in [9.17, 15) is 9.90 Å². The number of aromatic hydroxyl groups is 1. The van der Waals surface area contributed by atoms with Crippen molar-refractivity contribution < 1.29 is 5.11 Å². The molecule has 0 atom stereocenters. The molecule has 7 heteroatoms. The summed E-state index contributed by atoms with van der Waals surface area (Å²) in [5, 5.41) is 18.3. The Bertz CT molecular complexity index is 1520. The van der Waals surface area contributed by atoms with Crippen LogP contribution in [0.25, 0.3) is 28.0 Å². The molecule has 166 valence electrons. The second-order valence-electron chi connectivity index (χ2n) is 8.41. The number of benzene rings is 3. The van der Waals surface area contributed by atoms with Crippen LogP contribution in [0, 0.1) is 6.92 Å². The first-order valence-electron chi connectivity index (χ1n) is 10.8. The van der Waals surface area contributed by atoms with Gasteiger partial charge in [-0.2, -0.15) is 5.10 Å². The first kappa shape index (κ1) is 20.6. The lowest BCUT2D eigenvalue weighted by atomic mass is 9.99. The molecule has 0 aliphatic carbocycles. The van der Waals surface area contributed by atoms with Crippen LogP contribution in [-0.4, -0.2) is 24.4 Å². The van der Waals surface area contributed by atoms with Crippen molar-refractivity contribution in [2.75, 3.05) is 5.73 Å². The number of H-pyrrole nitrogens is 1. The molecule has 3 aromatic carbocycles. The summed E-state index contributed by atoms with van der Waals surface area (Å²) in [6.07, 6.45) is 3.38. The molecule has 0 fully saturated rings. The van der Waals surface area contributed by atoms with Crippen LogP contribution in [0.1, 0.15) is 16.7 Å². The minimum Gasteiger partial charge on any atom is -0.508 e. The number of aryl methyl sites for hydroxylation is 4. The fourth-order valence-corrected chi connectivity index (χ4v) is 4.20. The molecule has 0 radical (unpaired) electrons. The quantitative estimate of drug-likeness (QED) is 0.359. The molecule has 7 nitrogen and oxygen atoms in total. The van der Waals surface area contributed by atoms with E-state index in [1.807, 2.05) is 48.1 Å². The molecule has 5 rings (SSSR count). The Labute approximate surface area is 190 Å². The Morgan fingerprint density at radius 1 is 1.03 bits per heavy atom. The highest BCUT2D eigenvalue weighted by Crippen LogP contribution is 2.33. The summed E-state index contributed by atoms with van der Waals surface area (Å²) in [6.45, 7) is 2.06. The average molecular weight is 440 g/mol. The predicted octanol–water partition coefficient (Wildman–Crippen LogP) is 4.10. The second kappa shape index (κ2) is 8.02. The van der Waals surface area contributed by atoms with Gasteiger partial charge in [0.2, 0.25) is 0 Å². The Morgan fingerprint density at radius 3 is 2.61 bits per heavy atom. The highest BCUT2D eigenvalue weighted by molar-refractivity contribution is 5.83. The van der Waals surface area contributed by atoms with Crippen molar-refractivity contribution in [1.29, 1.82) is 0 Å². The number of anilines is 1. The number of hydrogen-bond acceptors (Lipinski definition) is 4. The standard InChI is InChI=1S/C26H25N5O2/c1-16-3-5-17(6-4-16)7-8-19-14-21(22(27)15-24(19)32)25-28-29-26(33)31(25)20-9-10-23-18(13-20)11-12-30(23)2/h3-6,9-15,32H,7-8,27H2,1-2H3,(H,29,33). The van der Waals surface area contributed by atoms with E-state index in [1.54, 1.807) is 0 Å². The summed E-state index contributed by atoms with van der Waals surface area (Å²) in [7, 11) is 1.98. The number of aromatic nitrogens is 4. The maximum Gasteiger partial charge on any atom is 0.348 e. The van der Waals surface area contributed by atoms with Crippen molar-refractivity contribution in [2.45, 2.75) is 19.8 Å². The summed E-state index contributed by atoms with van der Waals surface area (Å²) in [6, 6.07) is 19.5. The molecular formula is C26H25N5O2. The lowest BCUT2D eigenvalue weighted by Gasteiger charge is -2.12. The van der Waals surface area contributed by atoms with Crippen molar-refractivity contribution in [3.63, 3.8) is 0 Å². The molecule has 0 saturated carbocycles. The van der Waals surface area contributed by atoms with Gasteiger partial charge in [0, 0.05) is 41.5 Å². The topological polar surface area (TPSA) is 102 Å². The number of rotatable bonds is 5. The summed E-state index contributed by atoms with van der Waals surface area (Å²) in [5.41, 5.74) is 11.8. The molecule has 0 unspecified atom stereocenters. The van der Waals surface area contributed by atoms with Crippen LogP contribution in [0.5, 0.6) is 5.75 Å². The van der Waals surface area contributed by atoms with Gasteiger partial charge in [0.25, 0.3) is 0 Å². The van der Waals surface area contributed by atoms with Crippen LogP contribution in [0.3, 0.4) is 0 Å². The van der Waals surface area contributed by atoms with Crippen LogP contribution < -0.4 is 11.4 Å². The minimum absolute atomic E-state index is 0.137. The lowest BCUT2D eigenvalue weighted by Crippen LogP contribution is -2.16. The van der Waals surface area contributed by atoms with Gasteiger partial charge in [-0.1, -0.05) is 29.8 Å². The fourth-order valence-electron chi connectivity index (χ4n) is 4.20. The van der Waals surface area contributed by atoms with Crippen molar-refractivity contribution in [1.82, 2.24) is 19.3 Å². The highest BCUT2D eigenvalue weighted by Gasteiger charge is 2.18. The molecule has 2 aromatic heterocycles. The average Bonchev–Trinajstić information content (AvgIpc) is 3.36. The Morgan fingerprint density at radius 2 is 1.82 bits per heavy atom. The Balaban J connectivity index is 1.54. The van der Waals surface area contributed by atoms with Crippen LogP contribution >= 0.6 is 0 Å². The van der Waals surface area contributed by atoms with Crippen LogP contribution in [-0.2, 0) is 19.9 Å². The Hall–Kier alpha value is -4.26. The number of hydrogen-bond donors (Lipinski definition) is 3. The van der Waals surface area contributed by atoms with Crippen LogP contribution in [0.15, 0.2) is 71.7 Å². The monoisotopic (exact) mass is 439 g/mol. The molecule has 0 saturated heterocycles. The van der Waals surface area contributed by atoms with Crippen molar-refractivity contribution >= 4 is 16.6 Å². The van der Waals surface area contributed by atoms with E-state index in [4.69, 9.17) is 5.73 Å². The highest BCUT2D eigenvalue weighted by atomic mass is 16.3. The zero-order chi connectivity index (χ0) is 23.1. The van der Waals surface area contributed by atoms with Crippen molar-refractivity contribution in [3.8, 4) is 22.8 Å². The lowest BCUT2D eigenvalue weighted by molar-refractivity contribution is 0.468. The van der Waals surface area contributed by atoms with E-state index >= 15 is 0 Å². The summed E-state index contributed by atoms with van der Waals surface area (Å²) in [5.74, 6) is 0.544. The third-order valence-corrected chi connectivity index (χ3v) is 6.09. The van der Waals surface area contributed by atoms with Gasteiger partial charge < -0.3 is 15.4 Å². The van der Waals surface area contributed by atoms with Gasteiger partial charge in [-0.05, 0) is 61.2 Å². The summed E-state index contributed by atoms with van der Waals surface area (Å²) < 4.78 is 3.54. The van der Waals surface area contributed by atoms with Gasteiger partial charge in [0.1, 0.15) is 5.75 Å². The van der Waals surface area contributed by atoms with Crippen molar-refractivity contribution in [2.24, 2.45) is 7.05 Å². The van der Waals surface area contributed by atoms with Gasteiger partial charge in [0.15, 0.2) is 5.82 Å². The van der Waals surface area contributed by atoms with Gasteiger partial charge >= 0.3 is 5.69 Å². The number of phenols is 1. The van der Waals surface area contributed by atoms with Crippen molar-refractivity contribution in [3.05, 3.63) is 94.0 Å². The summed E-state index contributed by atoms with van der Waals surface area (Å²) in [4.78, 5) is 12.7. The van der Waals surface area contributed by atoms with E-state index in [0.717, 1.165) is 22.9 Å². The maximum absolute atomic E-state index is 12.7. The Kier molecular flexibility index (Phi) is 5.01. The largest absolute Gasteiger partial charge is 0.508 e. The van der Waals surface area contributed by atoms with E-state index in [1.165, 1.54) is 21.8 Å². The minimum atomic E-state index is -0.353. The number of aromatic amines is 1. The van der Waals surface area contributed by atoms with Gasteiger partial charge in [-0.15, -0.1) is 0 Å². The number of nitrogen functional groups attached to an aromatic ring is 1. The van der Waals surface area contributed by atoms with E-state index in [-0.39, 0.29) is 11.4 Å². The van der Waals surface area contributed by atoms with Crippen LogP contribution in [0.4, 0.5) is 5.69 Å². The smallest absolute Gasteiger partial charge is 0.348 e. The molecule has 0 amide bonds. The molecular weight excluding hydrogens is 414 g/mol. The molecule has 0 aliphatic heterocycles. The predicted molar refractivity (Wildman–Crippen MR) is 131 cm³/mol. The molecule has 5 aromatic rings. The zero-order valence-electron chi connectivity index (χ0n) is 18.5. The second-order valence-corrected chi connectivity index (χ2v) is 8.41. The third-order valence-electron chi connectivity index (χ3n) is 6.09. The number of phenolic OH excluding ortho intramolecular Hbond substituents is 1. The number of nitrogens with one attached hydrogen (secondary N) is 1. The zero-order valence-corrected chi connectivity index (χ0v) is 18.5. The third kappa shape index (κ3) is 3.78. The molecule has 0 aliphatic rings. The summed E-state index contributed by atoms with van der Waals surface area (Å²) >= 11 is 0. The van der Waals surface area contributed by atoms with Crippen LogP contribution in [0.2, 0.25) is 0 Å². The van der Waals surface area contributed by atoms with E-state index < -0.39 is 0 Å². The maximum atomic E-state index is 12.7. The number of fused-ring (bicyclic) bond motifs is 1. The molecule has 2 heterocycles. The molecule has 4 N–H and O–H groups in total.